The zero-order valence-electron chi connectivity index (χ0n) is 9.69. The summed E-state index contributed by atoms with van der Waals surface area (Å²) >= 11 is 0. The van der Waals surface area contributed by atoms with E-state index in [0.29, 0.717) is 0 Å². The van der Waals surface area contributed by atoms with Gasteiger partial charge < -0.3 is 20.7 Å². The molecule has 106 valence electrons. The van der Waals surface area contributed by atoms with Crippen molar-refractivity contribution in [1.29, 1.82) is 0 Å². The molecule has 19 heavy (non-hydrogen) atoms. The summed E-state index contributed by atoms with van der Waals surface area (Å²) < 4.78 is 31.6. The smallest absolute Gasteiger partial charge is 0.351 e. The van der Waals surface area contributed by atoms with E-state index in [4.69, 9.17) is 15.6 Å². The van der Waals surface area contributed by atoms with Crippen LogP contribution in [0.4, 0.5) is 14.6 Å². The van der Waals surface area contributed by atoms with Gasteiger partial charge in [-0.25, -0.2) is 13.6 Å². The number of nitrogen functional groups attached to an aromatic ring is 1. The number of aliphatic hydroxyl groups is 2. The topological polar surface area (TPSA) is 111 Å². The lowest BCUT2D eigenvalue weighted by molar-refractivity contribution is -0.0560. The molecule has 2 heterocycles. The largest absolute Gasteiger partial charge is 0.394 e. The Bertz CT molecular complexity index is 510. The highest BCUT2D eigenvalue weighted by molar-refractivity contribution is 5.23. The van der Waals surface area contributed by atoms with Crippen molar-refractivity contribution in [1.82, 2.24) is 9.55 Å². The van der Waals surface area contributed by atoms with Crippen LogP contribution < -0.4 is 11.4 Å². The fourth-order valence-corrected chi connectivity index (χ4v) is 2.09. The number of alkyl halides is 2. The molecule has 9 heteroatoms. The summed E-state index contributed by atoms with van der Waals surface area (Å²) in [5.41, 5.74) is 4.48. The van der Waals surface area contributed by atoms with Gasteiger partial charge in [0.15, 0.2) is 6.23 Å². The summed E-state index contributed by atoms with van der Waals surface area (Å²) in [7, 11) is 0. The van der Waals surface area contributed by atoms with Crippen molar-refractivity contribution in [2.75, 3.05) is 12.3 Å². The van der Waals surface area contributed by atoms with Gasteiger partial charge in [-0.15, -0.1) is 0 Å². The predicted octanol–water partition coefficient (Wildman–Crippen LogP) is -1.04. The van der Waals surface area contributed by atoms with E-state index in [1.807, 2.05) is 0 Å². The molecule has 0 saturated carbocycles. The highest BCUT2D eigenvalue weighted by Gasteiger charge is 2.49. The third-order valence-electron chi connectivity index (χ3n) is 3.03. The molecule has 1 aromatic heterocycles. The van der Waals surface area contributed by atoms with Crippen molar-refractivity contribution in [2.24, 2.45) is 5.92 Å². The highest BCUT2D eigenvalue weighted by atomic mass is 19.3. The van der Waals surface area contributed by atoms with Gasteiger partial charge >= 0.3 is 5.69 Å². The van der Waals surface area contributed by atoms with E-state index < -0.39 is 43.1 Å². The minimum absolute atomic E-state index is 0.0298. The van der Waals surface area contributed by atoms with E-state index in [2.05, 4.69) is 4.98 Å². The van der Waals surface area contributed by atoms with Gasteiger partial charge in [-0.05, 0) is 6.07 Å². The summed E-state index contributed by atoms with van der Waals surface area (Å²) in [6.07, 6.45) is -5.88. The van der Waals surface area contributed by atoms with Crippen LogP contribution in [0.3, 0.4) is 0 Å². The van der Waals surface area contributed by atoms with Gasteiger partial charge in [0, 0.05) is 6.20 Å². The van der Waals surface area contributed by atoms with Gasteiger partial charge in [0.05, 0.1) is 18.6 Å². The Balaban J connectivity index is 2.34. The first-order valence-corrected chi connectivity index (χ1v) is 5.53. The van der Waals surface area contributed by atoms with Crippen LogP contribution in [0, 0.1) is 5.92 Å². The number of hydrogen-bond donors (Lipinski definition) is 3. The van der Waals surface area contributed by atoms with Gasteiger partial charge in [0.2, 0.25) is 6.43 Å². The zero-order valence-corrected chi connectivity index (χ0v) is 9.69. The summed E-state index contributed by atoms with van der Waals surface area (Å²) in [5, 5.41) is 18.8. The molecule has 4 atom stereocenters. The maximum atomic E-state index is 12.8. The second-order valence-corrected chi connectivity index (χ2v) is 4.19. The van der Waals surface area contributed by atoms with E-state index in [0.717, 1.165) is 4.57 Å². The second kappa shape index (κ2) is 5.19. The molecule has 7 nitrogen and oxygen atoms in total. The Morgan fingerprint density at radius 2 is 2.26 bits per heavy atom. The normalized spacial score (nSPS) is 31.0. The lowest BCUT2D eigenvalue weighted by Gasteiger charge is -2.18. The molecule has 0 aliphatic carbocycles. The predicted molar refractivity (Wildman–Crippen MR) is 59.4 cm³/mol. The van der Waals surface area contributed by atoms with Crippen molar-refractivity contribution in [3.05, 3.63) is 22.7 Å². The number of nitrogens with zero attached hydrogens (tertiary/aromatic N) is 2. The quantitative estimate of drug-likeness (QED) is 0.650. The van der Waals surface area contributed by atoms with E-state index in [9.17, 15) is 18.7 Å². The lowest BCUT2D eigenvalue weighted by atomic mass is 9.99. The molecule has 1 aromatic rings. The molecule has 1 saturated heterocycles. The van der Waals surface area contributed by atoms with Gasteiger partial charge in [-0.1, -0.05) is 0 Å². The maximum Gasteiger partial charge on any atom is 0.351 e. The van der Waals surface area contributed by atoms with E-state index in [-0.39, 0.29) is 5.82 Å². The van der Waals surface area contributed by atoms with Gasteiger partial charge in [0.1, 0.15) is 11.9 Å². The van der Waals surface area contributed by atoms with Crippen LogP contribution in [-0.2, 0) is 4.74 Å². The molecule has 4 N–H and O–H groups in total. The van der Waals surface area contributed by atoms with Crippen LogP contribution in [0.1, 0.15) is 6.23 Å². The highest BCUT2D eigenvalue weighted by Crippen LogP contribution is 2.36. The van der Waals surface area contributed by atoms with Crippen molar-refractivity contribution in [2.45, 2.75) is 24.9 Å². The summed E-state index contributed by atoms with van der Waals surface area (Å²) in [6, 6.07) is 1.28. The molecule has 1 aliphatic heterocycles. The Labute approximate surface area is 106 Å². The summed E-state index contributed by atoms with van der Waals surface area (Å²) in [4.78, 5) is 15.0. The lowest BCUT2D eigenvalue weighted by Crippen LogP contribution is -2.36. The molecule has 4 unspecified atom stereocenters. The van der Waals surface area contributed by atoms with Crippen LogP contribution in [0.15, 0.2) is 17.1 Å². The minimum Gasteiger partial charge on any atom is -0.394 e. The number of ether oxygens (including phenoxy) is 1. The van der Waals surface area contributed by atoms with Crippen LogP contribution >= 0.6 is 0 Å². The van der Waals surface area contributed by atoms with Crippen molar-refractivity contribution in [3.8, 4) is 0 Å². The average Bonchev–Trinajstić information content (AvgIpc) is 2.66. The number of aliphatic hydroxyl groups excluding tert-OH is 2. The Morgan fingerprint density at radius 3 is 2.74 bits per heavy atom. The third-order valence-corrected chi connectivity index (χ3v) is 3.03. The average molecular weight is 277 g/mol. The van der Waals surface area contributed by atoms with E-state index >= 15 is 0 Å². The number of hydrogen-bond acceptors (Lipinski definition) is 6. The molecular formula is C10H13F2N3O4. The second-order valence-electron chi connectivity index (χ2n) is 4.19. The molecule has 1 fully saturated rings. The first-order chi connectivity index (χ1) is 8.95. The minimum atomic E-state index is -2.88. The molecule has 0 bridgehead atoms. The molecule has 2 rings (SSSR count). The van der Waals surface area contributed by atoms with Crippen molar-refractivity contribution >= 4 is 5.82 Å². The van der Waals surface area contributed by atoms with Crippen LogP contribution in [-0.4, -0.2) is 45.0 Å². The fraction of sp³-hybridized carbons (Fsp3) is 0.600. The monoisotopic (exact) mass is 277 g/mol. The first-order valence-electron chi connectivity index (χ1n) is 5.53. The zero-order chi connectivity index (χ0) is 14.2. The van der Waals surface area contributed by atoms with Crippen LogP contribution in [0.5, 0.6) is 0 Å². The molecule has 0 amide bonds. The Hall–Kier alpha value is -1.58. The van der Waals surface area contributed by atoms with E-state index in [1.165, 1.54) is 12.3 Å². The first kappa shape index (κ1) is 13.8. The number of aromatic nitrogens is 2. The standard InChI is InChI=1S/C10H13F2N3O4/c11-8(12)6-4(3-16)19-9(7(6)17)15-2-1-5(13)14-10(15)18/h1-2,4,6-9,16-17H,3H2,(H2,13,14,18). The maximum absolute atomic E-state index is 12.8. The molecule has 0 radical (unpaired) electrons. The summed E-state index contributed by atoms with van der Waals surface area (Å²) in [5.74, 6) is -1.60. The van der Waals surface area contributed by atoms with Crippen LogP contribution in [0.2, 0.25) is 0 Å². The fourth-order valence-electron chi connectivity index (χ4n) is 2.09. The Morgan fingerprint density at radius 1 is 1.58 bits per heavy atom. The van der Waals surface area contributed by atoms with Gasteiger partial charge in [-0.2, -0.15) is 4.98 Å². The number of anilines is 1. The SMILES string of the molecule is Nc1ccn(C2OC(CO)C(C(F)F)C2O)c(=O)n1. The molecule has 0 spiro atoms. The number of rotatable bonds is 3. The molecular weight excluding hydrogens is 264 g/mol. The molecule has 1 aliphatic rings. The van der Waals surface area contributed by atoms with Gasteiger partial charge in [0.25, 0.3) is 0 Å². The molecule has 0 aromatic carbocycles. The van der Waals surface area contributed by atoms with Gasteiger partial charge in [-0.3, -0.25) is 4.57 Å². The van der Waals surface area contributed by atoms with Crippen molar-refractivity contribution in [3.63, 3.8) is 0 Å². The Kier molecular flexibility index (Phi) is 3.78. The van der Waals surface area contributed by atoms with Crippen molar-refractivity contribution < 1.29 is 23.7 Å². The third kappa shape index (κ3) is 2.44. The number of halogens is 2. The number of nitrogens with two attached hydrogens (primary N) is 1. The van der Waals surface area contributed by atoms with Crippen LogP contribution in [0.25, 0.3) is 0 Å². The summed E-state index contributed by atoms with van der Waals surface area (Å²) in [6.45, 7) is -0.681. The van der Waals surface area contributed by atoms with E-state index in [1.54, 1.807) is 0 Å².